The summed E-state index contributed by atoms with van der Waals surface area (Å²) in [5.41, 5.74) is 4.22. The van der Waals surface area contributed by atoms with Crippen molar-refractivity contribution in [2.75, 3.05) is 11.9 Å². The lowest BCUT2D eigenvalue weighted by Gasteiger charge is -2.13. The summed E-state index contributed by atoms with van der Waals surface area (Å²) in [5, 5.41) is 3.33. The first-order chi connectivity index (χ1) is 17.6. The van der Waals surface area contributed by atoms with Crippen LogP contribution in [0.2, 0.25) is 10.0 Å². The van der Waals surface area contributed by atoms with Crippen LogP contribution in [0.25, 0.3) is 6.08 Å². The molecule has 6 nitrogen and oxygen atoms in total. The summed E-state index contributed by atoms with van der Waals surface area (Å²) in [6.45, 7) is 3.88. The lowest BCUT2D eigenvalue weighted by atomic mass is 10.1. The Labute approximate surface area is 237 Å². The molecule has 1 aliphatic heterocycles. The molecule has 3 aromatic rings. The monoisotopic (exact) mass is 618 g/mol. The number of ether oxygens (including phenoxy) is 1. The molecule has 4 rings (SSSR count). The highest BCUT2D eigenvalue weighted by Crippen LogP contribution is 2.35. The number of hydrogen-bond acceptors (Lipinski definition) is 5. The molecule has 1 heterocycles. The van der Waals surface area contributed by atoms with Crippen molar-refractivity contribution in [3.8, 4) is 5.75 Å². The first-order valence-electron chi connectivity index (χ1n) is 11.1. The summed E-state index contributed by atoms with van der Waals surface area (Å²) in [7, 11) is 0. The molecule has 3 aromatic carbocycles. The molecule has 0 radical (unpaired) electrons. The van der Waals surface area contributed by atoms with Gasteiger partial charge in [-0.25, -0.2) is 0 Å². The van der Waals surface area contributed by atoms with E-state index in [4.69, 9.17) is 27.9 Å². The number of carbonyl (C=O) groups excluding carboxylic acids is 3. The summed E-state index contributed by atoms with van der Waals surface area (Å²) in [4.78, 5) is 39.1. The second-order valence-corrected chi connectivity index (χ2v) is 11.0. The van der Waals surface area contributed by atoms with Crippen LogP contribution in [-0.4, -0.2) is 28.6 Å². The van der Waals surface area contributed by atoms with E-state index in [-0.39, 0.29) is 24.3 Å². The van der Waals surface area contributed by atoms with Gasteiger partial charge < -0.3 is 10.1 Å². The van der Waals surface area contributed by atoms with Crippen molar-refractivity contribution in [3.63, 3.8) is 0 Å². The van der Waals surface area contributed by atoms with Crippen LogP contribution in [-0.2, 0) is 16.1 Å². The number of halogens is 3. The van der Waals surface area contributed by atoms with Crippen molar-refractivity contribution in [1.82, 2.24) is 4.90 Å². The fourth-order valence-electron chi connectivity index (χ4n) is 3.48. The Hall–Kier alpha value is -2.78. The van der Waals surface area contributed by atoms with Crippen molar-refractivity contribution in [2.24, 2.45) is 0 Å². The maximum Gasteiger partial charge on any atom is 0.293 e. The number of nitrogens with zero attached hydrogens (tertiary/aromatic N) is 1. The van der Waals surface area contributed by atoms with Crippen molar-refractivity contribution >= 4 is 79.7 Å². The number of rotatable bonds is 7. The summed E-state index contributed by atoms with van der Waals surface area (Å²) < 4.78 is 6.40. The molecule has 1 fully saturated rings. The topological polar surface area (TPSA) is 75.7 Å². The molecule has 1 N–H and O–H groups in total. The number of amides is 3. The highest BCUT2D eigenvalue weighted by Gasteiger charge is 2.35. The zero-order valence-electron chi connectivity index (χ0n) is 19.8. The predicted molar refractivity (Wildman–Crippen MR) is 152 cm³/mol. The number of carbonyl (C=O) groups is 3. The summed E-state index contributed by atoms with van der Waals surface area (Å²) in [5.74, 6) is -0.185. The average molecular weight is 620 g/mol. The Bertz CT molecular complexity index is 1430. The fourth-order valence-corrected chi connectivity index (χ4v) is 5.34. The van der Waals surface area contributed by atoms with Crippen molar-refractivity contribution < 1.29 is 19.1 Å². The number of benzene rings is 3. The molecule has 190 valence electrons. The molecule has 1 aliphatic rings. The third kappa shape index (κ3) is 6.76. The van der Waals surface area contributed by atoms with Crippen LogP contribution in [0.4, 0.5) is 10.5 Å². The molecule has 3 amide bonds. The number of imide groups is 1. The molecule has 37 heavy (non-hydrogen) atoms. The number of nitrogens with one attached hydrogen (secondary N) is 1. The van der Waals surface area contributed by atoms with Crippen LogP contribution in [0.15, 0.2) is 64.0 Å². The smallest absolute Gasteiger partial charge is 0.293 e. The predicted octanol–water partition coefficient (Wildman–Crippen LogP) is 7.63. The fraction of sp³-hybridized carbons (Fsp3) is 0.148. The normalized spacial score (nSPS) is 14.4. The van der Waals surface area contributed by atoms with Crippen LogP contribution in [0.1, 0.15) is 22.3 Å². The minimum atomic E-state index is -0.393. The van der Waals surface area contributed by atoms with Gasteiger partial charge in [0.15, 0.2) is 6.61 Å². The maximum atomic E-state index is 12.8. The van der Waals surface area contributed by atoms with E-state index in [0.717, 1.165) is 32.3 Å². The zero-order valence-corrected chi connectivity index (χ0v) is 23.7. The first-order valence-corrected chi connectivity index (χ1v) is 13.5. The molecule has 0 aromatic heterocycles. The second-order valence-electron chi connectivity index (χ2n) is 8.33. The van der Waals surface area contributed by atoms with Gasteiger partial charge in [0.2, 0.25) is 0 Å². The highest BCUT2D eigenvalue weighted by molar-refractivity contribution is 9.10. The largest absolute Gasteiger partial charge is 0.484 e. The zero-order chi connectivity index (χ0) is 26.7. The SMILES string of the molecule is Cc1cc(Br)c(NC(=O)COc2ccc(/C=C3\SC(=O)N(Cc4ccc(Cl)cc4Cl)C3=O)cc2)cc1C. The Morgan fingerprint density at radius 3 is 2.46 bits per heavy atom. The van der Waals surface area contributed by atoms with Gasteiger partial charge in [-0.1, -0.05) is 41.4 Å². The average Bonchev–Trinajstić information content (AvgIpc) is 3.11. The van der Waals surface area contributed by atoms with Crippen LogP contribution < -0.4 is 10.1 Å². The molecular formula is C27H21BrCl2N2O4S. The van der Waals surface area contributed by atoms with Crippen molar-refractivity contribution in [3.05, 3.63) is 96.3 Å². The lowest BCUT2D eigenvalue weighted by molar-refractivity contribution is -0.123. The van der Waals surface area contributed by atoms with E-state index >= 15 is 0 Å². The summed E-state index contributed by atoms with van der Waals surface area (Å²) in [6.07, 6.45) is 1.64. The molecule has 0 saturated carbocycles. The summed E-state index contributed by atoms with van der Waals surface area (Å²) >= 11 is 16.4. The minimum Gasteiger partial charge on any atom is -0.484 e. The van der Waals surface area contributed by atoms with Crippen LogP contribution in [0.5, 0.6) is 5.75 Å². The standard InChI is InChI=1S/C27H21BrCl2N2O4S/c1-15-9-21(28)23(10-16(15)2)31-25(33)14-36-20-7-3-17(4-8-20)11-24-26(34)32(27(35)37-24)13-18-5-6-19(29)12-22(18)30/h3-12H,13-14H2,1-2H3,(H,31,33)/b24-11-. The molecule has 0 spiro atoms. The van der Waals surface area contributed by atoms with Crippen LogP contribution >= 0.6 is 50.9 Å². The van der Waals surface area contributed by atoms with Gasteiger partial charge in [-0.05, 0) is 106 Å². The van der Waals surface area contributed by atoms with Crippen molar-refractivity contribution in [1.29, 1.82) is 0 Å². The van der Waals surface area contributed by atoms with Crippen molar-refractivity contribution in [2.45, 2.75) is 20.4 Å². The van der Waals surface area contributed by atoms with E-state index in [1.165, 1.54) is 0 Å². The lowest BCUT2D eigenvalue weighted by Crippen LogP contribution is -2.27. The quantitative estimate of drug-likeness (QED) is 0.275. The molecule has 0 unspecified atom stereocenters. The molecule has 0 atom stereocenters. The van der Waals surface area contributed by atoms with E-state index in [2.05, 4.69) is 21.2 Å². The summed E-state index contributed by atoms with van der Waals surface area (Å²) in [6, 6.07) is 15.7. The van der Waals surface area contributed by atoms with E-state index < -0.39 is 5.91 Å². The van der Waals surface area contributed by atoms with Gasteiger partial charge in [0.25, 0.3) is 17.1 Å². The van der Waals surface area contributed by atoms with E-state index in [9.17, 15) is 14.4 Å². The van der Waals surface area contributed by atoms with E-state index in [1.807, 2.05) is 26.0 Å². The third-order valence-electron chi connectivity index (χ3n) is 5.62. The Kier molecular flexibility index (Phi) is 8.64. The van der Waals surface area contributed by atoms with Gasteiger partial charge in [0.05, 0.1) is 17.1 Å². The molecule has 10 heteroatoms. The third-order valence-corrected chi connectivity index (χ3v) is 7.77. The van der Waals surface area contributed by atoms with Gasteiger partial charge in [0.1, 0.15) is 5.75 Å². The number of aryl methyl sites for hydroxylation is 2. The number of thioether (sulfide) groups is 1. The Morgan fingerprint density at radius 1 is 1.05 bits per heavy atom. The Morgan fingerprint density at radius 2 is 1.76 bits per heavy atom. The number of anilines is 1. The van der Waals surface area contributed by atoms with E-state index in [0.29, 0.717) is 37.5 Å². The second kappa shape index (κ2) is 11.7. The molecular weight excluding hydrogens is 599 g/mol. The first kappa shape index (κ1) is 27.3. The molecule has 0 aliphatic carbocycles. The molecule has 0 bridgehead atoms. The molecule has 1 saturated heterocycles. The van der Waals surface area contributed by atoms with Gasteiger partial charge in [0, 0.05) is 14.5 Å². The van der Waals surface area contributed by atoms with Gasteiger partial charge in [-0.15, -0.1) is 0 Å². The van der Waals surface area contributed by atoms with Gasteiger partial charge in [-0.2, -0.15) is 0 Å². The minimum absolute atomic E-state index is 0.0611. The Balaban J connectivity index is 1.35. The number of hydrogen-bond donors (Lipinski definition) is 1. The van der Waals surface area contributed by atoms with Crippen LogP contribution in [0.3, 0.4) is 0 Å². The van der Waals surface area contributed by atoms with Gasteiger partial charge >= 0.3 is 0 Å². The van der Waals surface area contributed by atoms with E-state index in [1.54, 1.807) is 48.5 Å². The highest BCUT2D eigenvalue weighted by atomic mass is 79.9. The van der Waals surface area contributed by atoms with Gasteiger partial charge in [-0.3, -0.25) is 19.3 Å². The van der Waals surface area contributed by atoms with Crippen LogP contribution in [0, 0.1) is 13.8 Å². The maximum absolute atomic E-state index is 12.8.